The lowest BCUT2D eigenvalue weighted by Gasteiger charge is -1.98. The molecule has 1 aromatic rings. The van der Waals surface area contributed by atoms with Gasteiger partial charge in [0.2, 0.25) is 0 Å². The summed E-state index contributed by atoms with van der Waals surface area (Å²) in [6.07, 6.45) is 0.488. The zero-order chi connectivity index (χ0) is 9.14. The van der Waals surface area contributed by atoms with Crippen LogP contribution in [0.1, 0.15) is 16.7 Å². The molecule has 66 valence electrons. The molecule has 3 heteroatoms. The summed E-state index contributed by atoms with van der Waals surface area (Å²) in [6.45, 7) is 3.60. The second-order valence-corrected chi connectivity index (χ2v) is 4.07. The Kier molecular flexibility index (Phi) is 2.87. The SMILES string of the molecule is COc1cc(C)sc1CC(C)=O. The average Bonchev–Trinajstić information content (AvgIpc) is 2.29. The number of hydrogen-bond donors (Lipinski definition) is 0. The third-order valence-electron chi connectivity index (χ3n) is 1.52. The van der Waals surface area contributed by atoms with Crippen molar-refractivity contribution >= 4 is 17.1 Å². The van der Waals surface area contributed by atoms with Gasteiger partial charge in [-0.3, -0.25) is 4.79 Å². The van der Waals surface area contributed by atoms with Gasteiger partial charge >= 0.3 is 0 Å². The van der Waals surface area contributed by atoms with Gasteiger partial charge in [0, 0.05) is 11.3 Å². The summed E-state index contributed by atoms with van der Waals surface area (Å²) in [6, 6.07) is 1.96. The van der Waals surface area contributed by atoms with Crippen LogP contribution in [0.3, 0.4) is 0 Å². The molecule has 0 unspecified atom stereocenters. The van der Waals surface area contributed by atoms with E-state index in [4.69, 9.17) is 4.74 Å². The van der Waals surface area contributed by atoms with E-state index in [9.17, 15) is 4.79 Å². The Bertz CT molecular complexity index is 289. The second kappa shape index (κ2) is 3.72. The molecule has 0 radical (unpaired) electrons. The number of methoxy groups -OCH3 is 1. The molecule has 0 aliphatic rings. The molecule has 0 saturated heterocycles. The van der Waals surface area contributed by atoms with Crippen LogP contribution in [0.5, 0.6) is 5.75 Å². The predicted molar refractivity (Wildman–Crippen MR) is 50.0 cm³/mol. The normalized spacial score (nSPS) is 9.92. The van der Waals surface area contributed by atoms with Crippen molar-refractivity contribution < 1.29 is 9.53 Å². The number of Topliss-reactive ketones (excluding diaryl/α,β-unsaturated/α-hetero) is 1. The number of aryl methyl sites for hydroxylation is 1. The van der Waals surface area contributed by atoms with Gasteiger partial charge in [-0.15, -0.1) is 11.3 Å². The van der Waals surface area contributed by atoms with Crippen molar-refractivity contribution in [3.63, 3.8) is 0 Å². The van der Waals surface area contributed by atoms with E-state index >= 15 is 0 Å². The summed E-state index contributed by atoms with van der Waals surface area (Å²) in [4.78, 5) is 13.1. The molecule has 0 aliphatic heterocycles. The van der Waals surface area contributed by atoms with E-state index in [1.54, 1.807) is 25.4 Å². The lowest BCUT2D eigenvalue weighted by atomic mass is 10.2. The van der Waals surface area contributed by atoms with Crippen LogP contribution in [-0.2, 0) is 11.2 Å². The summed E-state index contributed by atoms with van der Waals surface area (Å²) in [7, 11) is 1.63. The molecule has 1 heterocycles. The maximum Gasteiger partial charge on any atom is 0.135 e. The van der Waals surface area contributed by atoms with Gasteiger partial charge in [0.1, 0.15) is 11.5 Å². The van der Waals surface area contributed by atoms with Crippen LogP contribution < -0.4 is 4.74 Å². The fraction of sp³-hybridized carbons (Fsp3) is 0.444. The van der Waals surface area contributed by atoms with E-state index in [-0.39, 0.29) is 5.78 Å². The highest BCUT2D eigenvalue weighted by molar-refractivity contribution is 7.12. The first-order valence-corrected chi connectivity index (χ1v) is 4.58. The predicted octanol–water partition coefficient (Wildman–Crippen LogP) is 2.20. The lowest BCUT2D eigenvalue weighted by Crippen LogP contribution is -1.95. The summed E-state index contributed by atoms with van der Waals surface area (Å²) < 4.78 is 5.13. The van der Waals surface area contributed by atoms with E-state index in [2.05, 4.69) is 0 Å². The first-order valence-electron chi connectivity index (χ1n) is 3.76. The first kappa shape index (κ1) is 9.26. The molecule has 0 amide bonds. The minimum Gasteiger partial charge on any atom is -0.496 e. The van der Waals surface area contributed by atoms with Gasteiger partial charge in [0.05, 0.1) is 12.0 Å². The molecule has 0 bridgehead atoms. The molecular weight excluding hydrogens is 172 g/mol. The molecule has 0 saturated carbocycles. The molecule has 2 nitrogen and oxygen atoms in total. The Morgan fingerprint density at radius 3 is 2.83 bits per heavy atom. The third-order valence-corrected chi connectivity index (χ3v) is 2.55. The smallest absolute Gasteiger partial charge is 0.135 e. The Morgan fingerprint density at radius 2 is 2.33 bits per heavy atom. The summed E-state index contributed by atoms with van der Waals surface area (Å²) in [5, 5.41) is 0. The second-order valence-electron chi connectivity index (χ2n) is 2.73. The Morgan fingerprint density at radius 1 is 1.67 bits per heavy atom. The van der Waals surface area contributed by atoms with Crippen LogP contribution in [0.4, 0.5) is 0 Å². The van der Waals surface area contributed by atoms with Crippen molar-refractivity contribution in [2.24, 2.45) is 0 Å². The summed E-state index contributed by atoms with van der Waals surface area (Å²) in [5.41, 5.74) is 0. The van der Waals surface area contributed by atoms with Crippen LogP contribution in [-0.4, -0.2) is 12.9 Å². The van der Waals surface area contributed by atoms with Gasteiger partial charge in [-0.05, 0) is 19.9 Å². The van der Waals surface area contributed by atoms with Crippen LogP contribution in [0, 0.1) is 6.92 Å². The molecule has 12 heavy (non-hydrogen) atoms. The number of ether oxygens (including phenoxy) is 1. The molecular formula is C9H12O2S. The van der Waals surface area contributed by atoms with Crippen molar-refractivity contribution in [3.8, 4) is 5.75 Å². The number of hydrogen-bond acceptors (Lipinski definition) is 3. The van der Waals surface area contributed by atoms with Crippen molar-refractivity contribution in [3.05, 3.63) is 15.8 Å². The highest BCUT2D eigenvalue weighted by Crippen LogP contribution is 2.28. The molecule has 0 fully saturated rings. The minimum atomic E-state index is 0.176. The molecule has 0 atom stereocenters. The van der Waals surface area contributed by atoms with E-state index < -0.39 is 0 Å². The van der Waals surface area contributed by atoms with Gasteiger partial charge in [-0.2, -0.15) is 0 Å². The zero-order valence-electron chi connectivity index (χ0n) is 7.51. The number of ketones is 1. The number of carbonyl (C=O) groups excluding carboxylic acids is 1. The summed E-state index contributed by atoms with van der Waals surface area (Å²) >= 11 is 1.62. The Hall–Kier alpha value is -0.830. The average molecular weight is 184 g/mol. The van der Waals surface area contributed by atoms with Gasteiger partial charge in [-0.1, -0.05) is 0 Å². The Balaban J connectivity index is 2.89. The van der Waals surface area contributed by atoms with Crippen LogP contribution >= 0.6 is 11.3 Å². The highest BCUT2D eigenvalue weighted by Gasteiger charge is 2.08. The lowest BCUT2D eigenvalue weighted by molar-refractivity contribution is -0.116. The van der Waals surface area contributed by atoms with Gasteiger partial charge in [0.15, 0.2) is 0 Å². The van der Waals surface area contributed by atoms with Gasteiger partial charge < -0.3 is 4.74 Å². The summed E-state index contributed by atoms with van der Waals surface area (Å²) in [5.74, 6) is 1.02. The van der Waals surface area contributed by atoms with E-state index in [1.807, 2.05) is 13.0 Å². The zero-order valence-corrected chi connectivity index (χ0v) is 8.33. The van der Waals surface area contributed by atoms with Crippen molar-refractivity contribution in [2.45, 2.75) is 20.3 Å². The van der Waals surface area contributed by atoms with E-state index in [0.717, 1.165) is 10.6 Å². The van der Waals surface area contributed by atoms with Crippen LogP contribution in [0.25, 0.3) is 0 Å². The number of thiophene rings is 1. The van der Waals surface area contributed by atoms with E-state index in [0.29, 0.717) is 6.42 Å². The number of rotatable bonds is 3. The molecule has 1 aromatic heterocycles. The molecule has 0 aliphatic carbocycles. The molecule has 0 aromatic carbocycles. The fourth-order valence-corrected chi connectivity index (χ4v) is 2.13. The maximum atomic E-state index is 10.8. The van der Waals surface area contributed by atoms with Crippen molar-refractivity contribution in [1.29, 1.82) is 0 Å². The first-order chi connectivity index (χ1) is 5.63. The van der Waals surface area contributed by atoms with Gasteiger partial charge in [-0.25, -0.2) is 0 Å². The maximum absolute atomic E-state index is 10.8. The molecule has 0 N–H and O–H groups in total. The monoisotopic (exact) mass is 184 g/mol. The number of carbonyl (C=O) groups is 1. The standard InChI is InChI=1S/C9H12O2S/c1-6(10)4-9-8(11-3)5-7(2)12-9/h5H,4H2,1-3H3. The topological polar surface area (TPSA) is 26.3 Å². The van der Waals surface area contributed by atoms with Crippen LogP contribution in [0.2, 0.25) is 0 Å². The quantitative estimate of drug-likeness (QED) is 0.719. The van der Waals surface area contributed by atoms with Gasteiger partial charge in [0.25, 0.3) is 0 Å². The third kappa shape index (κ3) is 2.08. The molecule has 0 spiro atoms. The Labute approximate surface area is 76.2 Å². The molecule has 1 rings (SSSR count). The highest BCUT2D eigenvalue weighted by atomic mass is 32.1. The van der Waals surface area contributed by atoms with Crippen molar-refractivity contribution in [2.75, 3.05) is 7.11 Å². The van der Waals surface area contributed by atoms with Crippen LogP contribution in [0.15, 0.2) is 6.07 Å². The fourth-order valence-electron chi connectivity index (χ4n) is 1.06. The van der Waals surface area contributed by atoms with E-state index in [1.165, 1.54) is 4.88 Å². The largest absolute Gasteiger partial charge is 0.496 e. The minimum absolute atomic E-state index is 0.176. The van der Waals surface area contributed by atoms with Crippen molar-refractivity contribution in [1.82, 2.24) is 0 Å².